The van der Waals surface area contributed by atoms with E-state index in [1.165, 1.54) is 0 Å². The fraction of sp³-hybridized carbons (Fsp3) is 0.750. The molecule has 0 heterocycles. The maximum absolute atomic E-state index is 11.3. The van der Waals surface area contributed by atoms with Gasteiger partial charge >= 0.3 is 0 Å². The van der Waals surface area contributed by atoms with Crippen molar-refractivity contribution in [1.29, 1.82) is 0 Å². The third-order valence-corrected chi connectivity index (χ3v) is 0.443. The van der Waals surface area contributed by atoms with Crippen molar-refractivity contribution in [3.05, 3.63) is 6.92 Å². The zero-order valence-corrected chi connectivity index (χ0v) is 3.37. The highest BCUT2D eigenvalue weighted by molar-refractivity contribution is 4.50. The van der Waals surface area contributed by atoms with Gasteiger partial charge in [-0.2, -0.15) is 0 Å². The molecule has 1 radical (unpaired) electrons. The molecule has 0 aromatic rings. The molecule has 31 valence electrons. The van der Waals surface area contributed by atoms with E-state index in [-0.39, 0.29) is 0 Å². The highest BCUT2D eigenvalue weighted by atomic mass is 19.1. The van der Waals surface area contributed by atoms with Crippen LogP contribution >= 0.6 is 0 Å². The van der Waals surface area contributed by atoms with E-state index in [4.69, 9.17) is 0 Å². The van der Waals surface area contributed by atoms with Gasteiger partial charge in [-0.1, -0.05) is 6.92 Å². The summed E-state index contributed by atoms with van der Waals surface area (Å²) in [7, 11) is 0. The second kappa shape index (κ2) is 2.18. The van der Waals surface area contributed by atoms with Crippen molar-refractivity contribution in [2.75, 3.05) is 0 Å². The van der Waals surface area contributed by atoms with Crippen LogP contribution in [0.15, 0.2) is 0 Å². The summed E-state index contributed by atoms with van der Waals surface area (Å²) in [5.41, 5.74) is 0. The molecule has 0 rings (SSSR count). The van der Waals surface area contributed by atoms with Gasteiger partial charge in [-0.05, 0) is 13.3 Å². The molecule has 1 atom stereocenters. The number of halogens is 1. The van der Waals surface area contributed by atoms with Crippen molar-refractivity contribution in [2.45, 2.75) is 19.5 Å². The van der Waals surface area contributed by atoms with Crippen molar-refractivity contribution in [1.82, 2.24) is 0 Å². The molecule has 0 N–H and O–H groups in total. The predicted octanol–water partition coefficient (Wildman–Crippen LogP) is 1.57. The number of hydrogen-bond donors (Lipinski definition) is 0. The van der Waals surface area contributed by atoms with Gasteiger partial charge in [-0.25, -0.2) is 4.39 Å². The standard InChI is InChI=1S/C4H8F/c1-3-4(2)5/h4H,2-3H2,1H3/t4-/m1/s1. The van der Waals surface area contributed by atoms with Crippen LogP contribution in [0.2, 0.25) is 0 Å². The average Bonchev–Trinajstić information content (AvgIpc) is 1.38. The third kappa shape index (κ3) is 3.93. The fourth-order valence-corrected chi connectivity index (χ4v) is 0. The van der Waals surface area contributed by atoms with Gasteiger partial charge in [0.15, 0.2) is 0 Å². The van der Waals surface area contributed by atoms with Gasteiger partial charge in [-0.3, -0.25) is 0 Å². The molecule has 0 saturated heterocycles. The Labute approximate surface area is 32.0 Å². The van der Waals surface area contributed by atoms with Gasteiger partial charge in [-0.15, -0.1) is 0 Å². The van der Waals surface area contributed by atoms with Crippen LogP contribution in [0.4, 0.5) is 4.39 Å². The maximum Gasteiger partial charge on any atom is 0.1000 e. The Bertz CT molecular complexity index is 17.6. The van der Waals surface area contributed by atoms with Gasteiger partial charge in [0.05, 0.1) is 6.17 Å². The highest BCUT2D eigenvalue weighted by Gasteiger charge is 1.85. The maximum atomic E-state index is 11.3. The molecule has 1 heteroatoms. The Kier molecular flexibility index (Phi) is 2.15. The Morgan fingerprint density at radius 3 is 2.20 bits per heavy atom. The molecule has 0 aromatic carbocycles. The lowest BCUT2D eigenvalue weighted by Crippen LogP contribution is -1.84. The number of hydrogen-bond acceptors (Lipinski definition) is 0. The summed E-state index contributed by atoms with van der Waals surface area (Å²) in [5.74, 6) is 0. The summed E-state index contributed by atoms with van der Waals surface area (Å²) in [4.78, 5) is 0. The minimum Gasteiger partial charge on any atom is -0.248 e. The second-order valence-electron chi connectivity index (χ2n) is 1.01. The van der Waals surface area contributed by atoms with Crippen LogP contribution in [0.5, 0.6) is 0 Å². The first-order valence-corrected chi connectivity index (χ1v) is 1.74. The van der Waals surface area contributed by atoms with Crippen molar-refractivity contribution in [2.24, 2.45) is 0 Å². The van der Waals surface area contributed by atoms with E-state index in [0.29, 0.717) is 6.42 Å². The molecule has 0 nitrogen and oxygen atoms in total. The molecule has 0 fully saturated rings. The van der Waals surface area contributed by atoms with E-state index < -0.39 is 6.17 Å². The largest absolute Gasteiger partial charge is 0.248 e. The summed E-state index contributed by atoms with van der Waals surface area (Å²) in [6, 6.07) is 0. The molecule has 0 aliphatic heterocycles. The first kappa shape index (κ1) is 4.93. The highest BCUT2D eigenvalue weighted by Crippen LogP contribution is 1.89. The summed E-state index contributed by atoms with van der Waals surface area (Å²) in [6.07, 6.45) is -0.338. The molecular weight excluding hydrogens is 67.0 g/mol. The molecule has 0 aromatic heterocycles. The van der Waals surface area contributed by atoms with E-state index >= 15 is 0 Å². The van der Waals surface area contributed by atoms with Crippen LogP contribution in [0.1, 0.15) is 13.3 Å². The number of alkyl halides is 1. The zero-order chi connectivity index (χ0) is 4.28. The Hall–Kier alpha value is -0.0700. The van der Waals surface area contributed by atoms with Crippen LogP contribution in [-0.2, 0) is 0 Å². The normalized spacial score (nSPS) is 15.0. The molecule has 0 aliphatic carbocycles. The summed E-state index contributed by atoms with van der Waals surface area (Å²) in [6.45, 7) is 4.85. The van der Waals surface area contributed by atoms with E-state index in [9.17, 15) is 4.39 Å². The zero-order valence-electron chi connectivity index (χ0n) is 3.37. The topological polar surface area (TPSA) is 0 Å². The van der Waals surface area contributed by atoms with Crippen LogP contribution in [0.3, 0.4) is 0 Å². The minimum absolute atomic E-state index is 0.528. The SMILES string of the molecule is [CH2][C@@H](F)CC. The van der Waals surface area contributed by atoms with Gasteiger partial charge < -0.3 is 0 Å². The van der Waals surface area contributed by atoms with Crippen molar-refractivity contribution >= 4 is 0 Å². The molecule has 0 saturated carbocycles. The molecule has 0 bridgehead atoms. The number of rotatable bonds is 1. The van der Waals surface area contributed by atoms with E-state index in [1.807, 2.05) is 0 Å². The predicted molar refractivity (Wildman–Crippen MR) is 20.5 cm³/mol. The van der Waals surface area contributed by atoms with Crippen molar-refractivity contribution in [3.8, 4) is 0 Å². The molecule has 0 spiro atoms. The van der Waals surface area contributed by atoms with E-state index in [2.05, 4.69) is 6.92 Å². The van der Waals surface area contributed by atoms with E-state index in [0.717, 1.165) is 0 Å². The molecule has 0 amide bonds. The smallest absolute Gasteiger partial charge is 0.1000 e. The molecular formula is C4H8F. The van der Waals surface area contributed by atoms with E-state index in [1.54, 1.807) is 6.92 Å². The lowest BCUT2D eigenvalue weighted by molar-refractivity contribution is 0.387. The van der Waals surface area contributed by atoms with Gasteiger partial charge in [0.2, 0.25) is 0 Å². The Morgan fingerprint density at radius 1 is 2.00 bits per heavy atom. The van der Waals surface area contributed by atoms with Gasteiger partial charge in [0.25, 0.3) is 0 Å². The van der Waals surface area contributed by atoms with Crippen LogP contribution in [0.25, 0.3) is 0 Å². The first-order chi connectivity index (χ1) is 2.27. The Morgan fingerprint density at radius 2 is 2.20 bits per heavy atom. The lowest BCUT2D eigenvalue weighted by Gasteiger charge is -1.85. The Balaban J connectivity index is 2.54. The average molecular weight is 75.1 g/mol. The monoisotopic (exact) mass is 75.1 g/mol. The van der Waals surface area contributed by atoms with Gasteiger partial charge in [0, 0.05) is 0 Å². The minimum atomic E-state index is -0.866. The van der Waals surface area contributed by atoms with Crippen molar-refractivity contribution in [3.63, 3.8) is 0 Å². The fourth-order valence-electron chi connectivity index (χ4n) is 0. The summed E-state index contributed by atoms with van der Waals surface area (Å²) in [5, 5.41) is 0. The summed E-state index contributed by atoms with van der Waals surface area (Å²) < 4.78 is 11.3. The second-order valence-corrected chi connectivity index (χ2v) is 1.01. The van der Waals surface area contributed by atoms with Crippen LogP contribution < -0.4 is 0 Å². The first-order valence-electron chi connectivity index (χ1n) is 1.74. The van der Waals surface area contributed by atoms with Crippen LogP contribution in [0, 0.1) is 6.92 Å². The lowest BCUT2D eigenvalue weighted by atomic mass is 10.4. The third-order valence-electron chi connectivity index (χ3n) is 0.443. The molecule has 0 unspecified atom stereocenters. The van der Waals surface area contributed by atoms with Crippen molar-refractivity contribution < 1.29 is 4.39 Å². The molecule has 0 aliphatic rings. The summed E-state index contributed by atoms with van der Waals surface area (Å²) >= 11 is 0. The van der Waals surface area contributed by atoms with Gasteiger partial charge in [0.1, 0.15) is 0 Å². The van der Waals surface area contributed by atoms with Crippen LogP contribution in [-0.4, -0.2) is 6.17 Å². The molecule has 5 heavy (non-hydrogen) atoms. The quantitative estimate of drug-likeness (QED) is 0.443.